The first-order valence-corrected chi connectivity index (χ1v) is 16.0. The van der Waals surface area contributed by atoms with Crippen LogP contribution in [0, 0.1) is 0 Å². The van der Waals surface area contributed by atoms with Crippen LogP contribution in [0.1, 0.15) is 80.7 Å². The largest absolute Gasteiger partial charge is 0.444 e. The van der Waals surface area contributed by atoms with Crippen molar-refractivity contribution in [1.29, 1.82) is 0 Å². The number of carbonyl (C=O) groups excluding carboxylic acids is 5. The lowest BCUT2D eigenvalue weighted by molar-refractivity contribution is -0.135. The van der Waals surface area contributed by atoms with Crippen molar-refractivity contribution in [2.75, 3.05) is 26.7 Å². The van der Waals surface area contributed by atoms with E-state index in [0.717, 1.165) is 10.9 Å². The second-order valence-corrected chi connectivity index (χ2v) is 14.2. The number of nitrogens with zero attached hydrogens (tertiary/aromatic N) is 3. The van der Waals surface area contributed by atoms with Crippen molar-refractivity contribution in [2.45, 2.75) is 104 Å². The summed E-state index contributed by atoms with van der Waals surface area (Å²) in [7, 11) is 1.65. The molecule has 1 aromatic carbocycles. The molecule has 3 amide bonds. The van der Waals surface area contributed by atoms with E-state index in [2.05, 4.69) is 20.9 Å². The molecule has 0 saturated heterocycles. The zero-order valence-electron chi connectivity index (χ0n) is 29.9. The molecule has 3 N–H and O–H groups in total. The van der Waals surface area contributed by atoms with Gasteiger partial charge < -0.3 is 29.2 Å². The number of hydrogen-bond acceptors (Lipinski definition) is 10. The summed E-state index contributed by atoms with van der Waals surface area (Å²) >= 11 is 0. The first-order valence-electron chi connectivity index (χ1n) is 16.0. The van der Waals surface area contributed by atoms with Crippen molar-refractivity contribution in [2.24, 2.45) is 4.99 Å². The Balaban J connectivity index is 2.13. The van der Waals surface area contributed by atoms with E-state index >= 15 is 0 Å². The van der Waals surface area contributed by atoms with Gasteiger partial charge in [0.15, 0.2) is 0 Å². The summed E-state index contributed by atoms with van der Waals surface area (Å²) < 4.78 is 17.6. The first kappa shape index (κ1) is 39.7. The molecule has 2 rings (SSSR count). The number of alkyl carbamates (subject to hydrolysis) is 2. The predicted octanol–water partition coefficient (Wildman–Crippen LogP) is 4.77. The van der Waals surface area contributed by atoms with Crippen LogP contribution in [0.15, 0.2) is 35.5 Å². The van der Waals surface area contributed by atoms with Crippen molar-refractivity contribution >= 4 is 47.3 Å². The molecule has 0 radical (unpaired) electrons. The predicted molar refractivity (Wildman–Crippen MR) is 183 cm³/mol. The lowest BCUT2D eigenvalue weighted by atomic mass is 10.1. The molecular formula is C34H52N6O8. The third-order valence-electron chi connectivity index (χ3n) is 6.45. The Bertz CT molecular complexity index is 1430. The number of carbonyl (C=O) groups is 5. The number of aldehydes is 1. The third-order valence-corrected chi connectivity index (χ3v) is 6.45. The van der Waals surface area contributed by atoms with Crippen LogP contribution in [0.4, 0.5) is 14.4 Å². The number of aliphatic imine (C=N–C) groups is 1. The molecule has 0 unspecified atom stereocenters. The number of ether oxygens (including phenoxy) is 3. The molecule has 2 aromatic rings. The van der Waals surface area contributed by atoms with Gasteiger partial charge in [-0.2, -0.15) is 0 Å². The topological polar surface area (TPSA) is 170 Å². The smallest absolute Gasteiger partial charge is 0.419 e. The van der Waals surface area contributed by atoms with Crippen molar-refractivity contribution in [1.82, 2.24) is 25.4 Å². The van der Waals surface area contributed by atoms with E-state index in [1.807, 2.05) is 24.3 Å². The zero-order valence-corrected chi connectivity index (χ0v) is 29.9. The third kappa shape index (κ3) is 13.7. The number of aromatic nitrogens is 1. The minimum atomic E-state index is -0.806. The zero-order chi connectivity index (χ0) is 36.3. The quantitative estimate of drug-likeness (QED) is 0.100. The fraction of sp³-hybridized carbons (Fsp3) is 0.588. The maximum absolute atomic E-state index is 13.5. The van der Waals surface area contributed by atoms with E-state index in [0.29, 0.717) is 31.1 Å². The molecule has 14 nitrogen and oxygen atoms in total. The Hall–Kier alpha value is -4.46. The summed E-state index contributed by atoms with van der Waals surface area (Å²) in [5, 5.41) is 8.72. The average Bonchev–Trinajstić information content (AvgIpc) is 3.31. The Kier molecular flexibility index (Phi) is 14.1. The maximum Gasteiger partial charge on any atom is 0.419 e. The number of rotatable bonds is 11. The number of hydrogen-bond donors (Lipinski definition) is 3. The molecule has 0 aliphatic rings. The van der Waals surface area contributed by atoms with Crippen LogP contribution in [0.2, 0.25) is 0 Å². The van der Waals surface area contributed by atoms with E-state index in [4.69, 9.17) is 14.2 Å². The van der Waals surface area contributed by atoms with Gasteiger partial charge in [0.1, 0.15) is 23.1 Å². The number of para-hydroxylation sites is 1. The molecule has 1 aromatic heterocycles. The Labute approximate surface area is 282 Å². The normalized spacial score (nSPS) is 12.5. The molecular weight excluding hydrogens is 620 g/mol. The van der Waals surface area contributed by atoms with Crippen LogP contribution in [0.3, 0.4) is 0 Å². The Morgan fingerprint density at radius 3 is 1.98 bits per heavy atom. The Morgan fingerprint density at radius 1 is 0.896 bits per heavy atom. The second kappa shape index (κ2) is 17.1. The van der Waals surface area contributed by atoms with Gasteiger partial charge in [0.05, 0.1) is 18.1 Å². The fourth-order valence-electron chi connectivity index (χ4n) is 4.56. The van der Waals surface area contributed by atoms with Crippen molar-refractivity contribution in [3.63, 3.8) is 0 Å². The average molecular weight is 673 g/mol. The molecule has 48 heavy (non-hydrogen) atoms. The number of likely N-dealkylation sites (N-methyl/N-ethyl adjacent to an activating group) is 1. The Morgan fingerprint density at radius 2 is 1.46 bits per heavy atom. The monoisotopic (exact) mass is 672 g/mol. The van der Waals surface area contributed by atoms with Gasteiger partial charge in [-0.15, -0.1) is 0 Å². The summed E-state index contributed by atoms with van der Waals surface area (Å²) in [5.41, 5.74) is -0.703. The first-order chi connectivity index (χ1) is 22.2. The SMILES string of the molecule is CN[C@@H](CCCN=C(NC(=O)OC(C)(C)C)NC(=O)OC(C)(C)C)C(=O)N(CC=O)CCc1cn(C(=O)OC(C)(C)C)c2ccccc12. The minimum Gasteiger partial charge on any atom is -0.444 e. The molecule has 14 heteroatoms. The van der Waals surface area contributed by atoms with Gasteiger partial charge in [-0.25, -0.2) is 14.4 Å². The molecule has 1 atom stereocenters. The van der Waals surface area contributed by atoms with Gasteiger partial charge in [0.25, 0.3) is 0 Å². The number of nitrogens with one attached hydrogen (secondary N) is 3. The number of guanidine groups is 1. The molecule has 0 fully saturated rings. The maximum atomic E-state index is 13.5. The molecule has 0 saturated carbocycles. The van der Waals surface area contributed by atoms with E-state index in [-0.39, 0.29) is 31.5 Å². The molecule has 1 heterocycles. The van der Waals surface area contributed by atoms with Gasteiger partial charge in [-0.1, -0.05) is 18.2 Å². The lowest BCUT2D eigenvalue weighted by Gasteiger charge is -2.25. The van der Waals surface area contributed by atoms with Crippen LogP contribution in [0.5, 0.6) is 0 Å². The fourth-order valence-corrected chi connectivity index (χ4v) is 4.56. The molecule has 0 aliphatic carbocycles. The van der Waals surface area contributed by atoms with Gasteiger partial charge >= 0.3 is 18.3 Å². The van der Waals surface area contributed by atoms with Gasteiger partial charge in [0, 0.05) is 24.7 Å². The highest BCUT2D eigenvalue weighted by atomic mass is 16.6. The number of amides is 3. The number of benzene rings is 1. The van der Waals surface area contributed by atoms with Gasteiger partial charge in [-0.3, -0.25) is 25.0 Å². The van der Waals surface area contributed by atoms with E-state index in [9.17, 15) is 24.0 Å². The lowest BCUT2D eigenvalue weighted by Crippen LogP contribution is -2.47. The van der Waals surface area contributed by atoms with Crippen LogP contribution < -0.4 is 16.0 Å². The van der Waals surface area contributed by atoms with Crippen molar-refractivity contribution in [3.8, 4) is 0 Å². The summed E-state index contributed by atoms with van der Waals surface area (Å²) in [6.07, 6.45) is 1.41. The van der Waals surface area contributed by atoms with E-state index in [1.54, 1.807) is 75.6 Å². The summed E-state index contributed by atoms with van der Waals surface area (Å²) in [5.74, 6) is -0.428. The van der Waals surface area contributed by atoms with Gasteiger partial charge in [0.2, 0.25) is 11.9 Å². The minimum absolute atomic E-state index is 0.108. The number of fused-ring (bicyclic) bond motifs is 1. The van der Waals surface area contributed by atoms with Crippen molar-refractivity contribution in [3.05, 3.63) is 36.0 Å². The van der Waals surface area contributed by atoms with E-state index < -0.39 is 41.1 Å². The van der Waals surface area contributed by atoms with Crippen LogP contribution in [-0.2, 0) is 30.2 Å². The van der Waals surface area contributed by atoms with Crippen molar-refractivity contribution < 1.29 is 38.2 Å². The summed E-state index contributed by atoms with van der Waals surface area (Å²) in [6.45, 7) is 15.9. The standard InChI is InChI=1S/C34H52N6O8/c1-32(2,3)46-29(43)37-28(38-30(44)47-33(4,5)6)36-18-13-15-25(35-10)27(42)39(20-21-41)19-17-23-22-40(31(45)48-34(7,8)9)26-16-12-11-14-24(23)26/h11-12,14,16,21-22,25,35H,13,15,17-20H2,1-10H3,(H2,36,37,38,43,44)/t25-/m0/s1. The molecule has 266 valence electrons. The molecule has 0 bridgehead atoms. The molecule has 0 spiro atoms. The highest BCUT2D eigenvalue weighted by molar-refractivity contribution is 6.01. The summed E-state index contributed by atoms with van der Waals surface area (Å²) in [4.78, 5) is 68.5. The van der Waals surface area contributed by atoms with Gasteiger partial charge in [-0.05, 0) is 100 Å². The summed E-state index contributed by atoms with van der Waals surface area (Å²) in [6, 6.07) is 6.80. The van der Waals surface area contributed by atoms with E-state index in [1.165, 1.54) is 9.47 Å². The second-order valence-electron chi connectivity index (χ2n) is 14.2. The highest BCUT2D eigenvalue weighted by Crippen LogP contribution is 2.24. The van der Waals surface area contributed by atoms with Crippen LogP contribution in [-0.4, -0.2) is 95.4 Å². The highest BCUT2D eigenvalue weighted by Gasteiger charge is 2.25. The molecule has 0 aliphatic heterocycles. The van der Waals surface area contributed by atoms with Crippen LogP contribution in [0.25, 0.3) is 10.9 Å². The van der Waals surface area contributed by atoms with Crippen LogP contribution >= 0.6 is 0 Å².